The molecule has 1 amide bonds. The summed E-state index contributed by atoms with van der Waals surface area (Å²) in [7, 11) is -3.61. The molecule has 0 bridgehead atoms. The number of benzene rings is 2. The Morgan fingerprint density at radius 3 is 2.37 bits per heavy atom. The highest BCUT2D eigenvalue weighted by molar-refractivity contribution is 7.92. The van der Waals surface area contributed by atoms with E-state index in [2.05, 4.69) is 5.32 Å². The molecule has 0 radical (unpaired) electrons. The summed E-state index contributed by atoms with van der Waals surface area (Å²) in [5.41, 5.74) is 2.69. The molecular weight excluding hydrogens is 400 g/mol. The lowest BCUT2D eigenvalue weighted by molar-refractivity contribution is -0.121. The standard InChI is InChI=1S/C23H32N2O4S/c1-5-19-13-15-21(16-14-19)25(30(4,27)28)18(3)23(26)24-17-9-11-20-10-7-8-12-22(20)29-6-2/h7-8,10,12-16,18H,5-6,9,11,17H2,1-4H3,(H,24,26)/t18-/m1/s1. The van der Waals surface area contributed by atoms with E-state index >= 15 is 0 Å². The number of aryl methyl sites for hydroxylation is 2. The number of hydrogen-bond donors (Lipinski definition) is 1. The largest absolute Gasteiger partial charge is 0.494 e. The van der Waals surface area contributed by atoms with E-state index in [4.69, 9.17) is 4.74 Å². The van der Waals surface area contributed by atoms with Gasteiger partial charge in [0, 0.05) is 6.54 Å². The van der Waals surface area contributed by atoms with Crippen LogP contribution in [0.4, 0.5) is 5.69 Å². The van der Waals surface area contributed by atoms with Gasteiger partial charge >= 0.3 is 0 Å². The first-order valence-corrected chi connectivity index (χ1v) is 12.2. The van der Waals surface area contributed by atoms with Crippen molar-refractivity contribution in [2.24, 2.45) is 0 Å². The molecule has 0 aliphatic carbocycles. The highest BCUT2D eigenvalue weighted by Crippen LogP contribution is 2.22. The van der Waals surface area contributed by atoms with Gasteiger partial charge < -0.3 is 10.1 Å². The molecule has 0 heterocycles. The molecule has 2 rings (SSSR count). The van der Waals surface area contributed by atoms with Gasteiger partial charge in [-0.25, -0.2) is 8.42 Å². The molecule has 0 spiro atoms. The molecule has 2 aromatic carbocycles. The molecule has 7 heteroatoms. The molecular formula is C23H32N2O4S. The fourth-order valence-electron chi connectivity index (χ4n) is 3.33. The zero-order valence-corrected chi connectivity index (χ0v) is 19.0. The van der Waals surface area contributed by atoms with E-state index in [0.717, 1.165) is 42.4 Å². The molecule has 30 heavy (non-hydrogen) atoms. The summed E-state index contributed by atoms with van der Waals surface area (Å²) in [6.45, 7) is 6.64. The van der Waals surface area contributed by atoms with Crippen molar-refractivity contribution in [3.05, 3.63) is 59.7 Å². The molecule has 0 unspecified atom stereocenters. The molecule has 2 aromatic rings. The summed E-state index contributed by atoms with van der Waals surface area (Å²) in [5, 5.41) is 2.86. The Bertz CT molecular complexity index is 926. The number of para-hydroxylation sites is 1. The van der Waals surface area contributed by atoms with E-state index in [9.17, 15) is 13.2 Å². The molecule has 1 atom stereocenters. The molecule has 0 aliphatic rings. The predicted octanol–water partition coefficient (Wildman–Crippen LogP) is 3.55. The van der Waals surface area contributed by atoms with E-state index in [1.54, 1.807) is 19.1 Å². The summed E-state index contributed by atoms with van der Waals surface area (Å²) in [4.78, 5) is 12.7. The van der Waals surface area contributed by atoms with Crippen molar-refractivity contribution < 1.29 is 17.9 Å². The minimum atomic E-state index is -3.61. The predicted molar refractivity (Wildman–Crippen MR) is 122 cm³/mol. The lowest BCUT2D eigenvalue weighted by Crippen LogP contribution is -2.48. The van der Waals surface area contributed by atoms with Gasteiger partial charge in [0.05, 0.1) is 18.6 Å². The summed E-state index contributed by atoms with van der Waals surface area (Å²) in [6, 6.07) is 14.3. The molecule has 0 saturated heterocycles. The first-order valence-electron chi connectivity index (χ1n) is 10.3. The quantitative estimate of drug-likeness (QED) is 0.551. The lowest BCUT2D eigenvalue weighted by Gasteiger charge is -2.28. The van der Waals surface area contributed by atoms with Crippen molar-refractivity contribution in [2.45, 2.75) is 46.1 Å². The van der Waals surface area contributed by atoms with Crippen LogP contribution in [0.5, 0.6) is 5.75 Å². The molecule has 0 fully saturated rings. The Morgan fingerprint density at radius 2 is 1.77 bits per heavy atom. The topological polar surface area (TPSA) is 75.7 Å². The number of rotatable bonds is 11. The molecule has 1 N–H and O–H groups in total. The van der Waals surface area contributed by atoms with Crippen LogP contribution in [0.25, 0.3) is 0 Å². The Hall–Kier alpha value is -2.54. The third-order valence-electron chi connectivity index (χ3n) is 4.88. The highest BCUT2D eigenvalue weighted by Gasteiger charge is 2.28. The number of ether oxygens (including phenoxy) is 1. The van der Waals surface area contributed by atoms with E-state index < -0.39 is 16.1 Å². The van der Waals surface area contributed by atoms with Gasteiger partial charge in [0.15, 0.2) is 0 Å². The second-order valence-electron chi connectivity index (χ2n) is 7.19. The van der Waals surface area contributed by atoms with E-state index in [0.29, 0.717) is 18.8 Å². The zero-order valence-electron chi connectivity index (χ0n) is 18.2. The first-order chi connectivity index (χ1) is 14.3. The Labute approximate surface area is 180 Å². The average Bonchev–Trinajstić information content (AvgIpc) is 2.72. The van der Waals surface area contributed by atoms with Gasteiger partial charge in [0.2, 0.25) is 15.9 Å². The van der Waals surface area contributed by atoms with Crippen LogP contribution in [0.3, 0.4) is 0 Å². The number of nitrogens with one attached hydrogen (secondary N) is 1. The van der Waals surface area contributed by atoms with Gasteiger partial charge in [0.1, 0.15) is 11.8 Å². The van der Waals surface area contributed by atoms with E-state index in [1.165, 1.54) is 4.31 Å². The van der Waals surface area contributed by atoms with Gasteiger partial charge in [0.25, 0.3) is 0 Å². The van der Waals surface area contributed by atoms with Crippen molar-refractivity contribution in [2.75, 3.05) is 23.7 Å². The molecule has 6 nitrogen and oxygen atoms in total. The minimum Gasteiger partial charge on any atom is -0.494 e. The van der Waals surface area contributed by atoms with Gasteiger partial charge in [-0.15, -0.1) is 0 Å². The number of sulfonamides is 1. The summed E-state index contributed by atoms with van der Waals surface area (Å²) < 4.78 is 31.6. The van der Waals surface area contributed by atoms with E-state index in [1.807, 2.05) is 50.2 Å². The second kappa shape index (κ2) is 11.0. The van der Waals surface area contributed by atoms with Crippen molar-refractivity contribution >= 4 is 21.6 Å². The van der Waals surface area contributed by atoms with Crippen LogP contribution in [0.1, 0.15) is 38.3 Å². The van der Waals surface area contributed by atoms with Crippen molar-refractivity contribution in [1.29, 1.82) is 0 Å². The number of carbonyl (C=O) groups is 1. The fraction of sp³-hybridized carbons (Fsp3) is 0.435. The van der Waals surface area contributed by atoms with Crippen LogP contribution in [-0.2, 0) is 27.7 Å². The number of nitrogens with zero attached hydrogens (tertiary/aromatic N) is 1. The second-order valence-corrected chi connectivity index (χ2v) is 9.05. The van der Waals surface area contributed by atoms with E-state index in [-0.39, 0.29) is 5.91 Å². The van der Waals surface area contributed by atoms with Crippen molar-refractivity contribution in [1.82, 2.24) is 5.32 Å². The van der Waals surface area contributed by atoms with Crippen LogP contribution in [0.15, 0.2) is 48.5 Å². The Kier molecular flexibility index (Phi) is 8.72. The number of amides is 1. The molecule has 0 aliphatic heterocycles. The maximum absolute atomic E-state index is 12.7. The summed E-state index contributed by atoms with van der Waals surface area (Å²) >= 11 is 0. The normalized spacial score (nSPS) is 12.3. The third-order valence-corrected chi connectivity index (χ3v) is 6.12. The van der Waals surface area contributed by atoms with Gasteiger partial charge in [-0.05, 0) is 62.4 Å². The highest BCUT2D eigenvalue weighted by atomic mass is 32.2. The average molecular weight is 433 g/mol. The molecule has 0 aromatic heterocycles. The monoisotopic (exact) mass is 432 g/mol. The number of hydrogen-bond acceptors (Lipinski definition) is 4. The maximum atomic E-state index is 12.7. The first kappa shape index (κ1) is 23.7. The smallest absolute Gasteiger partial charge is 0.243 e. The Morgan fingerprint density at radius 1 is 1.10 bits per heavy atom. The third kappa shape index (κ3) is 6.49. The zero-order chi connectivity index (χ0) is 22.1. The van der Waals surface area contributed by atoms with Crippen LogP contribution < -0.4 is 14.4 Å². The van der Waals surface area contributed by atoms with Crippen LogP contribution in [-0.4, -0.2) is 39.8 Å². The van der Waals surface area contributed by atoms with Gasteiger partial charge in [-0.1, -0.05) is 37.3 Å². The summed E-state index contributed by atoms with van der Waals surface area (Å²) in [5.74, 6) is 0.538. The van der Waals surface area contributed by atoms with Crippen molar-refractivity contribution in [3.8, 4) is 5.75 Å². The van der Waals surface area contributed by atoms with Crippen LogP contribution in [0, 0.1) is 0 Å². The molecule has 0 saturated carbocycles. The summed E-state index contributed by atoms with van der Waals surface area (Å²) in [6.07, 6.45) is 3.47. The van der Waals surface area contributed by atoms with Crippen LogP contribution >= 0.6 is 0 Å². The molecule has 164 valence electrons. The number of anilines is 1. The van der Waals surface area contributed by atoms with Crippen LogP contribution in [0.2, 0.25) is 0 Å². The Balaban J connectivity index is 1.98. The van der Waals surface area contributed by atoms with Gasteiger partial charge in [-0.3, -0.25) is 9.10 Å². The van der Waals surface area contributed by atoms with Crippen molar-refractivity contribution in [3.63, 3.8) is 0 Å². The SMILES string of the molecule is CCOc1ccccc1CCCNC(=O)[C@@H](C)N(c1ccc(CC)cc1)S(C)(=O)=O. The van der Waals surface area contributed by atoms with Gasteiger partial charge in [-0.2, -0.15) is 0 Å². The lowest BCUT2D eigenvalue weighted by atomic mass is 10.1. The maximum Gasteiger partial charge on any atom is 0.243 e. The minimum absolute atomic E-state index is 0.321. The number of carbonyl (C=O) groups excluding carboxylic acids is 1. The fourth-order valence-corrected chi connectivity index (χ4v) is 4.51.